The lowest BCUT2D eigenvalue weighted by molar-refractivity contribution is -0.671. The molecule has 2 aromatic carbocycles. The third-order valence-electron chi connectivity index (χ3n) is 6.17. The monoisotopic (exact) mass is 510 g/mol. The second kappa shape index (κ2) is 13.7. The molecule has 1 aromatic heterocycles. The first-order valence-corrected chi connectivity index (χ1v) is 14.2. The lowest BCUT2D eigenvalue weighted by Crippen LogP contribution is -2.36. The van der Waals surface area contributed by atoms with E-state index in [4.69, 9.17) is 13.8 Å². The molecule has 0 amide bonds. The molecule has 4 rings (SSSR count). The van der Waals surface area contributed by atoms with Gasteiger partial charge in [0, 0.05) is 37.3 Å². The Balaban J connectivity index is 0.00000361. The first kappa shape index (κ1) is 28.1. The predicted octanol–water partition coefficient (Wildman–Crippen LogP) is 6.24. The SMILES string of the molecule is CCOP(=O)(CCC[n+]1ccc(C=Cc2ccc(N3CCOCC3)cc2)c2ccccc21)OCC.[CH3-]. The second-order valence-corrected chi connectivity index (χ2v) is 10.7. The molecule has 0 N–H and O–H groups in total. The van der Waals surface area contributed by atoms with Crippen molar-refractivity contribution < 1.29 is 22.9 Å². The first-order chi connectivity index (χ1) is 17.1. The van der Waals surface area contributed by atoms with E-state index in [2.05, 4.69) is 82.4 Å². The van der Waals surface area contributed by atoms with Gasteiger partial charge in [0.1, 0.15) is 6.54 Å². The van der Waals surface area contributed by atoms with Gasteiger partial charge in [-0.2, -0.15) is 4.57 Å². The van der Waals surface area contributed by atoms with Gasteiger partial charge in [0.15, 0.2) is 6.20 Å². The Bertz CT molecular complexity index is 1160. The average molecular weight is 511 g/mol. The van der Waals surface area contributed by atoms with Gasteiger partial charge in [0.05, 0.1) is 38.0 Å². The standard InChI is InChI=1S/C28H36N2O4P.CH3/c1-3-33-35(31,34-4-2)23-7-17-30-18-16-25(27-8-5-6-9-28(27)30)13-10-24-11-14-26(15-12-24)29-19-21-32-22-20-29;/h5-6,8-16,18H,3-4,7,17,19-23H2,1-2H3;1H3/q+1;-1. The summed E-state index contributed by atoms with van der Waals surface area (Å²) in [5.74, 6) is 0. The molecular formula is C29H39N2O4P. The Labute approximate surface area is 216 Å². The maximum atomic E-state index is 12.8. The van der Waals surface area contributed by atoms with Crippen molar-refractivity contribution >= 4 is 36.3 Å². The van der Waals surface area contributed by atoms with Crippen LogP contribution in [0, 0.1) is 7.43 Å². The second-order valence-electron chi connectivity index (χ2n) is 8.53. The van der Waals surface area contributed by atoms with Gasteiger partial charge in [-0.05, 0) is 43.2 Å². The molecule has 0 aliphatic carbocycles. The molecule has 1 saturated heterocycles. The van der Waals surface area contributed by atoms with Crippen molar-refractivity contribution in [1.82, 2.24) is 0 Å². The third-order valence-corrected chi connectivity index (χ3v) is 8.33. The number of pyridine rings is 1. The Morgan fingerprint density at radius 3 is 2.36 bits per heavy atom. The van der Waals surface area contributed by atoms with Crippen molar-refractivity contribution in [3.8, 4) is 0 Å². The molecule has 6 nitrogen and oxygen atoms in total. The summed E-state index contributed by atoms with van der Waals surface area (Å²) in [6.45, 7) is 8.70. The minimum Gasteiger partial charge on any atom is -0.378 e. The van der Waals surface area contributed by atoms with E-state index in [0.717, 1.165) is 44.8 Å². The third kappa shape index (κ3) is 7.27. The molecule has 1 fully saturated rings. The molecule has 0 unspecified atom stereocenters. The van der Waals surface area contributed by atoms with Gasteiger partial charge in [0.2, 0.25) is 5.52 Å². The van der Waals surface area contributed by atoms with E-state index in [9.17, 15) is 4.57 Å². The Morgan fingerprint density at radius 2 is 1.67 bits per heavy atom. The fraction of sp³-hybridized carbons (Fsp3) is 0.379. The number of anilines is 1. The Kier molecular flexibility index (Phi) is 10.7. The highest BCUT2D eigenvalue weighted by Crippen LogP contribution is 2.48. The van der Waals surface area contributed by atoms with E-state index in [1.54, 1.807) is 0 Å². The molecule has 0 atom stereocenters. The Hall–Kier alpha value is -2.50. The lowest BCUT2D eigenvalue weighted by atomic mass is 10.1. The number of hydrogen-bond donors (Lipinski definition) is 0. The molecule has 3 aromatic rings. The molecule has 194 valence electrons. The maximum Gasteiger partial charge on any atom is 0.330 e. The fourth-order valence-corrected chi connectivity index (χ4v) is 6.10. The van der Waals surface area contributed by atoms with E-state index >= 15 is 0 Å². The summed E-state index contributed by atoms with van der Waals surface area (Å²) in [6.07, 6.45) is 7.58. The molecule has 0 saturated carbocycles. The number of benzene rings is 2. The van der Waals surface area contributed by atoms with Crippen LogP contribution in [-0.4, -0.2) is 45.7 Å². The van der Waals surface area contributed by atoms with Gasteiger partial charge < -0.3 is 26.1 Å². The van der Waals surface area contributed by atoms with Gasteiger partial charge in [-0.15, -0.1) is 0 Å². The van der Waals surface area contributed by atoms with Crippen molar-refractivity contribution in [2.75, 3.05) is 50.6 Å². The number of ether oxygens (including phenoxy) is 1. The summed E-state index contributed by atoms with van der Waals surface area (Å²) in [5.41, 5.74) is 4.74. The molecule has 36 heavy (non-hydrogen) atoms. The number of fused-ring (bicyclic) bond motifs is 1. The fourth-order valence-electron chi connectivity index (χ4n) is 4.45. The van der Waals surface area contributed by atoms with Gasteiger partial charge in [-0.1, -0.05) is 36.4 Å². The number of hydrogen-bond acceptors (Lipinski definition) is 5. The van der Waals surface area contributed by atoms with E-state index in [1.165, 1.54) is 22.2 Å². The van der Waals surface area contributed by atoms with Crippen molar-refractivity contribution in [3.63, 3.8) is 0 Å². The number of nitrogens with zero attached hydrogens (tertiary/aromatic N) is 2. The smallest absolute Gasteiger partial charge is 0.330 e. The topological polar surface area (TPSA) is 51.9 Å². The number of aryl methyl sites for hydroxylation is 1. The van der Waals surface area contributed by atoms with Gasteiger partial charge >= 0.3 is 7.60 Å². The normalized spacial score (nSPS) is 14.3. The Morgan fingerprint density at radius 1 is 0.972 bits per heavy atom. The van der Waals surface area contributed by atoms with E-state index in [1.807, 2.05) is 13.8 Å². The van der Waals surface area contributed by atoms with Crippen molar-refractivity contribution in [2.24, 2.45) is 0 Å². The number of morpholine rings is 1. The highest BCUT2D eigenvalue weighted by Gasteiger charge is 2.24. The van der Waals surface area contributed by atoms with E-state index in [0.29, 0.717) is 19.4 Å². The van der Waals surface area contributed by atoms with Gasteiger partial charge in [-0.25, -0.2) is 0 Å². The molecular weight excluding hydrogens is 471 g/mol. The summed E-state index contributed by atoms with van der Waals surface area (Å²) < 4.78 is 31.3. The van der Waals surface area contributed by atoms with Crippen LogP contribution in [0.5, 0.6) is 0 Å². The molecule has 1 aliphatic heterocycles. The van der Waals surface area contributed by atoms with E-state index < -0.39 is 7.60 Å². The van der Waals surface area contributed by atoms with Crippen LogP contribution in [0.15, 0.2) is 60.8 Å². The van der Waals surface area contributed by atoms with Crippen LogP contribution in [0.25, 0.3) is 23.1 Å². The molecule has 2 heterocycles. The quantitative estimate of drug-likeness (QED) is 0.174. The average Bonchev–Trinajstić information content (AvgIpc) is 2.89. The largest absolute Gasteiger partial charge is 0.378 e. The van der Waals surface area contributed by atoms with E-state index in [-0.39, 0.29) is 7.43 Å². The van der Waals surface area contributed by atoms with Crippen LogP contribution in [0.2, 0.25) is 0 Å². The molecule has 0 radical (unpaired) electrons. The van der Waals surface area contributed by atoms with Crippen LogP contribution in [0.3, 0.4) is 0 Å². The number of para-hydroxylation sites is 1. The highest BCUT2D eigenvalue weighted by atomic mass is 31.2. The van der Waals surface area contributed by atoms with Crippen molar-refractivity contribution in [2.45, 2.75) is 26.8 Å². The maximum absolute atomic E-state index is 12.8. The summed E-state index contributed by atoms with van der Waals surface area (Å²) in [6, 6.07) is 19.3. The number of rotatable bonds is 11. The molecule has 0 bridgehead atoms. The zero-order chi connectivity index (χ0) is 24.5. The van der Waals surface area contributed by atoms with Crippen LogP contribution >= 0.6 is 7.60 Å². The minimum atomic E-state index is -3.02. The summed E-state index contributed by atoms with van der Waals surface area (Å²) in [7, 11) is -3.02. The minimum absolute atomic E-state index is 0. The van der Waals surface area contributed by atoms with Crippen molar-refractivity contribution in [1.29, 1.82) is 0 Å². The van der Waals surface area contributed by atoms with Crippen LogP contribution in [0.4, 0.5) is 5.69 Å². The lowest BCUT2D eigenvalue weighted by Gasteiger charge is -2.28. The highest BCUT2D eigenvalue weighted by molar-refractivity contribution is 7.53. The van der Waals surface area contributed by atoms with Crippen LogP contribution in [-0.2, 0) is 24.9 Å². The molecule has 1 aliphatic rings. The van der Waals surface area contributed by atoms with Crippen molar-refractivity contribution in [3.05, 3.63) is 79.3 Å². The van der Waals surface area contributed by atoms with Gasteiger partial charge in [0.25, 0.3) is 0 Å². The number of aromatic nitrogens is 1. The summed E-state index contributed by atoms with van der Waals surface area (Å²) in [5, 5.41) is 1.19. The summed E-state index contributed by atoms with van der Waals surface area (Å²) >= 11 is 0. The zero-order valence-corrected chi connectivity index (χ0v) is 22.7. The summed E-state index contributed by atoms with van der Waals surface area (Å²) in [4.78, 5) is 2.36. The molecule has 0 spiro atoms. The van der Waals surface area contributed by atoms with Crippen LogP contribution in [0.1, 0.15) is 31.4 Å². The molecule has 7 heteroatoms. The first-order valence-electron chi connectivity index (χ1n) is 12.5. The van der Waals surface area contributed by atoms with Gasteiger partial charge in [-0.3, -0.25) is 4.57 Å². The zero-order valence-electron chi connectivity index (χ0n) is 21.8. The predicted molar refractivity (Wildman–Crippen MR) is 149 cm³/mol. The van der Waals surface area contributed by atoms with Crippen LogP contribution < -0.4 is 9.47 Å².